The molecule has 1 fully saturated rings. The molecule has 2 aliphatic heterocycles. The second kappa shape index (κ2) is 8.46. The van der Waals surface area contributed by atoms with Crippen molar-refractivity contribution in [1.29, 1.82) is 0 Å². The number of rotatable bonds is 1. The lowest BCUT2D eigenvalue weighted by atomic mass is 9.73. The van der Waals surface area contributed by atoms with E-state index in [0.717, 1.165) is 60.8 Å². The summed E-state index contributed by atoms with van der Waals surface area (Å²) < 4.78 is 0. The third-order valence-corrected chi connectivity index (χ3v) is 7.22. The average molecular weight is 436 g/mol. The minimum Gasteiger partial charge on any atom is -0.355 e. The predicted octanol–water partition coefficient (Wildman–Crippen LogP) is 4.31. The van der Waals surface area contributed by atoms with Crippen molar-refractivity contribution in [3.05, 3.63) is 88.9 Å². The van der Waals surface area contributed by atoms with Gasteiger partial charge >= 0.3 is 0 Å². The van der Waals surface area contributed by atoms with Crippen molar-refractivity contribution in [3.63, 3.8) is 0 Å². The largest absolute Gasteiger partial charge is 0.355 e. The van der Waals surface area contributed by atoms with Crippen molar-refractivity contribution in [2.24, 2.45) is 16.1 Å². The second-order valence-corrected chi connectivity index (χ2v) is 9.01. The molecule has 166 valence electrons. The Balaban J connectivity index is 0.00000228. The summed E-state index contributed by atoms with van der Waals surface area (Å²) in [6.07, 6.45) is 5.12. The normalized spacial score (nSPS) is 19.7. The smallest absolute Gasteiger partial charge is 0.147 e. The van der Waals surface area contributed by atoms with E-state index in [1.807, 2.05) is 36.5 Å². The summed E-state index contributed by atoms with van der Waals surface area (Å²) in [4.78, 5) is 16.5. The molecule has 33 heavy (non-hydrogen) atoms. The summed E-state index contributed by atoms with van der Waals surface area (Å²) in [5, 5.41) is 0. The Morgan fingerprint density at radius 2 is 1.73 bits per heavy atom. The molecule has 1 aromatic heterocycles. The quantitative estimate of drug-likeness (QED) is 0.579. The first-order valence-corrected chi connectivity index (χ1v) is 11.3. The molecule has 1 atom stereocenters. The number of nitrogens with zero attached hydrogens (tertiary/aromatic N) is 4. The fourth-order valence-electron chi connectivity index (χ4n) is 5.34. The van der Waals surface area contributed by atoms with E-state index >= 15 is 0 Å². The van der Waals surface area contributed by atoms with Crippen LogP contribution in [0.15, 0.2) is 65.8 Å². The molecule has 0 saturated carbocycles. The molecule has 5 heteroatoms. The molecule has 1 aliphatic carbocycles. The maximum absolute atomic E-state index is 6.73. The first-order valence-electron chi connectivity index (χ1n) is 11.3. The van der Waals surface area contributed by atoms with Crippen LogP contribution in [0.5, 0.6) is 0 Å². The van der Waals surface area contributed by atoms with Gasteiger partial charge < -0.3 is 10.6 Å². The van der Waals surface area contributed by atoms with Crippen LogP contribution in [0.3, 0.4) is 0 Å². The third-order valence-electron chi connectivity index (χ3n) is 7.22. The predicted molar refractivity (Wildman–Crippen MR) is 133 cm³/mol. The molecule has 1 spiro atoms. The van der Waals surface area contributed by atoms with Crippen LogP contribution in [0.4, 0.5) is 5.82 Å². The maximum Gasteiger partial charge on any atom is 0.147 e. The van der Waals surface area contributed by atoms with Crippen LogP contribution in [0, 0.1) is 17.3 Å². The molecule has 0 bridgehead atoms. The number of hydrogen-bond donors (Lipinski definition) is 1. The van der Waals surface area contributed by atoms with Gasteiger partial charge in [-0.15, -0.1) is 0 Å². The van der Waals surface area contributed by atoms with Crippen molar-refractivity contribution in [2.45, 2.75) is 39.3 Å². The minimum atomic E-state index is 0. The third kappa shape index (κ3) is 3.71. The van der Waals surface area contributed by atoms with Gasteiger partial charge in [0.25, 0.3) is 0 Å². The zero-order valence-electron chi connectivity index (χ0n) is 18.0. The molecule has 3 aromatic rings. The van der Waals surface area contributed by atoms with Gasteiger partial charge in [-0.25, -0.2) is 9.97 Å². The van der Waals surface area contributed by atoms with E-state index in [0.29, 0.717) is 6.54 Å². The Labute approximate surface area is 195 Å². The highest BCUT2D eigenvalue weighted by Gasteiger charge is 2.45. The van der Waals surface area contributed by atoms with Crippen molar-refractivity contribution in [1.82, 2.24) is 9.97 Å². The van der Waals surface area contributed by atoms with Crippen LogP contribution in [-0.4, -0.2) is 28.8 Å². The zero-order valence-corrected chi connectivity index (χ0v) is 18.0. The molecule has 0 radical (unpaired) electrons. The van der Waals surface area contributed by atoms with Crippen molar-refractivity contribution >= 4 is 11.5 Å². The van der Waals surface area contributed by atoms with E-state index in [2.05, 4.69) is 46.0 Å². The summed E-state index contributed by atoms with van der Waals surface area (Å²) in [5.74, 6) is 7.28. The summed E-state index contributed by atoms with van der Waals surface area (Å²) in [6.45, 7) is 2.46. The fraction of sp³-hybridized carbons (Fsp3) is 0.321. The van der Waals surface area contributed by atoms with Gasteiger partial charge in [-0.2, -0.15) is 0 Å². The van der Waals surface area contributed by atoms with Crippen LogP contribution in [0.2, 0.25) is 0 Å². The van der Waals surface area contributed by atoms with E-state index in [-0.39, 0.29) is 18.9 Å². The van der Waals surface area contributed by atoms with Crippen LogP contribution < -0.4 is 10.6 Å². The first-order chi connectivity index (χ1) is 15.7. The highest BCUT2D eigenvalue weighted by Crippen LogP contribution is 2.50. The number of benzene rings is 2. The Morgan fingerprint density at radius 1 is 0.970 bits per heavy atom. The van der Waals surface area contributed by atoms with Crippen LogP contribution in [-0.2, 0) is 13.0 Å². The first kappa shape index (κ1) is 21.4. The number of fused-ring (bicyclic) bond motifs is 2. The van der Waals surface area contributed by atoms with Gasteiger partial charge in [-0.05, 0) is 53.9 Å². The molecule has 2 N–H and O–H groups in total. The molecule has 6 rings (SSSR count). The van der Waals surface area contributed by atoms with Crippen molar-refractivity contribution in [2.75, 3.05) is 18.0 Å². The summed E-state index contributed by atoms with van der Waals surface area (Å²) >= 11 is 0. The van der Waals surface area contributed by atoms with Crippen LogP contribution in [0.1, 0.15) is 54.4 Å². The molecular formula is C28H29N5. The number of aliphatic imine (C=N–C) groups is 1. The van der Waals surface area contributed by atoms with Crippen molar-refractivity contribution < 1.29 is 0 Å². The summed E-state index contributed by atoms with van der Waals surface area (Å²) in [6, 6.07) is 18.8. The monoisotopic (exact) mass is 435 g/mol. The SMILES string of the molecule is C.N[C@@H]1c2ccccc2CC12CCN(c1cnc3c(n1)CN=C3C#Cc1ccccc1)CC2. The Morgan fingerprint density at radius 3 is 2.52 bits per heavy atom. The van der Waals surface area contributed by atoms with E-state index < -0.39 is 0 Å². The van der Waals surface area contributed by atoms with Gasteiger partial charge in [-0.3, -0.25) is 4.99 Å². The lowest BCUT2D eigenvalue weighted by molar-refractivity contribution is 0.187. The van der Waals surface area contributed by atoms with Crippen LogP contribution in [0.25, 0.3) is 0 Å². The standard InChI is InChI=1S/C27H25N5.CH4/c28-26-21-9-5-4-8-20(21)16-27(26)12-14-32(15-13-27)24-18-30-25-22(29-17-23(25)31-24)11-10-19-6-2-1-3-7-19;/h1-9,18,26H,12-17,28H2;1H4/t26-;/m1./s1. The van der Waals surface area contributed by atoms with E-state index in [4.69, 9.17) is 15.7 Å². The molecule has 0 unspecified atom stereocenters. The number of nitrogens with two attached hydrogens (primary N) is 1. The lowest BCUT2D eigenvalue weighted by Crippen LogP contribution is -2.44. The van der Waals surface area contributed by atoms with Crippen molar-refractivity contribution in [3.8, 4) is 11.8 Å². The molecule has 3 aliphatic rings. The number of aromatic nitrogens is 2. The number of piperidine rings is 1. The van der Waals surface area contributed by atoms with Gasteiger partial charge in [0.2, 0.25) is 0 Å². The van der Waals surface area contributed by atoms with Gasteiger partial charge in [0.1, 0.15) is 17.2 Å². The van der Waals surface area contributed by atoms with Gasteiger partial charge in [0.15, 0.2) is 0 Å². The topological polar surface area (TPSA) is 67.4 Å². The number of hydrogen-bond acceptors (Lipinski definition) is 5. The maximum atomic E-state index is 6.73. The number of anilines is 1. The molecule has 3 heterocycles. The highest BCUT2D eigenvalue weighted by molar-refractivity contribution is 6.14. The second-order valence-electron chi connectivity index (χ2n) is 9.01. The molecule has 1 saturated heterocycles. The lowest BCUT2D eigenvalue weighted by Gasteiger charge is -2.42. The fourth-order valence-corrected chi connectivity index (χ4v) is 5.34. The molecule has 0 amide bonds. The Hall–Kier alpha value is -3.49. The summed E-state index contributed by atoms with van der Waals surface area (Å²) in [7, 11) is 0. The van der Waals surface area contributed by atoms with E-state index in [1.165, 1.54) is 11.1 Å². The van der Waals surface area contributed by atoms with E-state index in [1.54, 1.807) is 0 Å². The van der Waals surface area contributed by atoms with Gasteiger partial charge in [0.05, 0.1) is 18.4 Å². The average Bonchev–Trinajstić information content (AvgIpc) is 3.37. The Bertz CT molecular complexity index is 1260. The van der Waals surface area contributed by atoms with E-state index in [9.17, 15) is 0 Å². The summed E-state index contributed by atoms with van der Waals surface area (Å²) in [5.41, 5.74) is 13.1. The minimum absolute atomic E-state index is 0. The molecule has 5 nitrogen and oxygen atoms in total. The van der Waals surface area contributed by atoms with Gasteiger partial charge in [0, 0.05) is 24.7 Å². The molecular weight excluding hydrogens is 406 g/mol. The molecule has 2 aromatic carbocycles. The Kier molecular flexibility index (Phi) is 5.47. The van der Waals surface area contributed by atoms with Crippen LogP contribution >= 0.6 is 0 Å². The van der Waals surface area contributed by atoms with Gasteiger partial charge in [-0.1, -0.05) is 55.8 Å². The highest BCUT2D eigenvalue weighted by atomic mass is 15.2. The zero-order chi connectivity index (χ0) is 21.5.